The van der Waals surface area contributed by atoms with Crippen LogP contribution in [0.15, 0.2) is 79.0 Å². The van der Waals surface area contributed by atoms with E-state index < -0.39 is 5.91 Å². The number of benzene rings is 1. The van der Waals surface area contributed by atoms with Gasteiger partial charge in [0.2, 0.25) is 5.91 Å². The standard InChI is InChI=1S/C29H30Cl2N6O3/c30-22-11-8-12-23(31)26(22)28(39)35-24-18-33-36-27(24)29(40)34-21-13-15-37(16-14-21)19-25(38)32-17-20-9-6-4-2-1-3-5-7-10-20/h1-12,18,21H,13-17,19H2,(H,32,38)(H,33,36)(H,34,40)(H,35,39). The fourth-order valence-corrected chi connectivity index (χ4v) is 4.83. The molecule has 3 amide bonds. The van der Waals surface area contributed by atoms with Gasteiger partial charge in [-0.05, 0) is 30.5 Å². The number of carbonyl (C=O) groups is 3. The molecule has 0 bridgehead atoms. The van der Waals surface area contributed by atoms with Crippen LogP contribution in [0.25, 0.3) is 0 Å². The molecule has 4 N–H and O–H groups in total. The summed E-state index contributed by atoms with van der Waals surface area (Å²) in [5.74, 6) is -0.985. The number of rotatable bonds is 8. The van der Waals surface area contributed by atoms with Crippen LogP contribution in [0.5, 0.6) is 0 Å². The van der Waals surface area contributed by atoms with Crippen molar-refractivity contribution in [2.45, 2.75) is 25.4 Å². The molecule has 208 valence electrons. The van der Waals surface area contributed by atoms with E-state index in [2.05, 4.69) is 31.0 Å². The molecule has 11 heteroatoms. The highest BCUT2D eigenvalue weighted by Gasteiger charge is 2.25. The summed E-state index contributed by atoms with van der Waals surface area (Å²) >= 11 is 12.3. The average Bonchev–Trinajstić information content (AvgIpc) is 3.40. The molecule has 1 aliphatic rings. The zero-order chi connectivity index (χ0) is 28.3. The van der Waals surface area contributed by atoms with Crippen molar-refractivity contribution in [2.24, 2.45) is 0 Å². The number of hydrogen-bond donors (Lipinski definition) is 4. The third-order valence-corrected chi connectivity index (χ3v) is 7.00. The highest BCUT2D eigenvalue weighted by molar-refractivity contribution is 6.40. The highest BCUT2D eigenvalue weighted by Crippen LogP contribution is 2.26. The van der Waals surface area contributed by atoms with Gasteiger partial charge in [0, 0.05) is 25.7 Å². The van der Waals surface area contributed by atoms with Gasteiger partial charge in [-0.25, -0.2) is 0 Å². The lowest BCUT2D eigenvalue weighted by atomic mass is 10.0. The number of H-pyrrole nitrogens is 1. The second-order valence-corrected chi connectivity index (χ2v) is 10.1. The summed E-state index contributed by atoms with van der Waals surface area (Å²) in [5, 5.41) is 15.6. The van der Waals surface area contributed by atoms with E-state index in [0.717, 1.165) is 5.56 Å². The maximum absolute atomic E-state index is 12.9. The number of aromatic amines is 1. The normalized spacial score (nSPS) is 13.7. The molecule has 3 aromatic rings. The Kier molecular flexibility index (Phi) is 10.5. The average molecular weight is 582 g/mol. The van der Waals surface area contributed by atoms with Crippen molar-refractivity contribution in [3.8, 4) is 0 Å². The molecule has 2 heterocycles. The molecule has 1 aliphatic heterocycles. The lowest BCUT2D eigenvalue weighted by Gasteiger charge is -2.31. The molecule has 1 saturated heterocycles. The lowest BCUT2D eigenvalue weighted by Crippen LogP contribution is -2.47. The van der Waals surface area contributed by atoms with E-state index in [1.54, 1.807) is 18.2 Å². The first-order valence-electron chi connectivity index (χ1n) is 12.9. The van der Waals surface area contributed by atoms with E-state index in [1.807, 2.05) is 54.6 Å². The third-order valence-electron chi connectivity index (χ3n) is 6.37. The van der Waals surface area contributed by atoms with Gasteiger partial charge in [-0.2, -0.15) is 5.10 Å². The predicted octanol–water partition coefficient (Wildman–Crippen LogP) is 4.60. The molecule has 0 saturated carbocycles. The molecule has 9 nitrogen and oxygen atoms in total. The Labute approximate surface area is 242 Å². The van der Waals surface area contributed by atoms with Crippen molar-refractivity contribution in [2.75, 3.05) is 25.0 Å². The number of nitrogens with one attached hydrogen (secondary N) is 4. The summed E-state index contributed by atoms with van der Waals surface area (Å²) in [6, 6.07) is 22.2. The number of halogens is 2. The molecule has 0 radical (unpaired) electrons. The molecule has 0 atom stereocenters. The fourth-order valence-electron chi connectivity index (χ4n) is 4.26. The van der Waals surface area contributed by atoms with Crippen LogP contribution in [0.3, 0.4) is 0 Å². The number of amides is 3. The molecule has 0 unspecified atom stereocenters. The molecule has 2 aromatic carbocycles. The van der Waals surface area contributed by atoms with Crippen LogP contribution in [0.2, 0.25) is 10.0 Å². The molecule has 40 heavy (non-hydrogen) atoms. The van der Waals surface area contributed by atoms with Crippen LogP contribution in [-0.4, -0.2) is 58.5 Å². The first kappa shape index (κ1) is 29.1. The van der Waals surface area contributed by atoms with Gasteiger partial charge in [0.25, 0.3) is 11.8 Å². The van der Waals surface area contributed by atoms with Crippen molar-refractivity contribution in [3.63, 3.8) is 0 Å². The van der Waals surface area contributed by atoms with Crippen molar-refractivity contribution >= 4 is 46.6 Å². The minimum atomic E-state index is -0.545. The first-order valence-corrected chi connectivity index (χ1v) is 13.6. The second-order valence-electron chi connectivity index (χ2n) is 9.27. The van der Waals surface area contributed by atoms with Gasteiger partial charge in [0.15, 0.2) is 0 Å². The minimum absolute atomic E-state index is 0.0511. The molecule has 4 rings (SSSR count). The topological polar surface area (TPSA) is 119 Å². The van der Waals surface area contributed by atoms with Crippen molar-refractivity contribution in [3.05, 3.63) is 106 Å². The Hall–Kier alpha value is -3.92. The Morgan fingerprint density at radius 3 is 2.15 bits per heavy atom. The fraction of sp³-hybridized carbons (Fsp3) is 0.241. The van der Waals surface area contributed by atoms with E-state index in [9.17, 15) is 14.4 Å². The van der Waals surface area contributed by atoms with Crippen LogP contribution >= 0.6 is 23.2 Å². The van der Waals surface area contributed by atoms with Crippen LogP contribution in [0.4, 0.5) is 5.69 Å². The number of carbonyl (C=O) groups excluding carboxylic acids is 3. The summed E-state index contributed by atoms with van der Waals surface area (Å²) in [5.41, 5.74) is 1.46. The molecule has 0 aliphatic carbocycles. The SMILES string of the molecule is O=C(CN1CCC(NC(=O)c2[nH]ncc2NC(=O)c2c(Cl)cccc2Cl)CC1)NCc1ccccccccc1. The molecule has 1 aromatic heterocycles. The Morgan fingerprint density at radius 2 is 1.50 bits per heavy atom. The number of piperidine rings is 1. The number of nitrogens with zero attached hydrogens (tertiary/aromatic N) is 2. The van der Waals surface area contributed by atoms with Gasteiger partial charge < -0.3 is 16.0 Å². The maximum atomic E-state index is 12.9. The number of likely N-dealkylation sites (tertiary alicyclic amines) is 1. The van der Waals surface area contributed by atoms with Gasteiger partial charge >= 0.3 is 0 Å². The predicted molar refractivity (Wildman–Crippen MR) is 156 cm³/mol. The van der Waals surface area contributed by atoms with Crippen LogP contribution < -0.4 is 16.0 Å². The van der Waals surface area contributed by atoms with E-state index in [1.165, 1.54) is 6.20 Å². The van der Waals surface area contributed by atoms with Gasteiger partial charge in [-0.3, -0.25) is 24.4 Å². The lowest BCUT2D eigenvalue weighted by molar-refractivity contribution is -0.122. The van der Waals surface area contributed by atoms with Crippen LogP contribution in [0, 0.1) is 0 Å². The van der Waals surface area contributed by atoms with Gasteiger partial charge in [0.1, 0.15) is 5.69 Å². The van der Waals surface area contributed by atoms with Gasteiger partial charge in [-0.15, -0.1) is 0 Å². The number of aromatic nitrogens is 2. The summed E-state index contributed by atoms with van der Waals surface area (Å²) < 4.78 is 0. The smallest absolute Gasteiger partial charge is 0.271 e. The van der Waals surface area contributed by atoms with Gasteiger partial charge in [-0.1, -0.05) is 83.9 Å². The third kappa shape index (κ3) is 8.29. The highest BCUT2D eigenvalue weighted by atomic mass is 35.5. The molecule has 0 spiro atoms. The summed E-state index contributed by atoms with van der Waals surface area (Å²) in [4.78, 5) is 40.3. The van der Waals surface area contributed by atoms with Crippen molar-refractivity contribution < 1.29 is 14.4 Å². The zero-order valence-electron chi connectivity index (χ0n) is 21.7. The van der Waals surface area contributed by atoms with Crippen LogP contribution in [0.1, 0.15) is 39.3 Å². The van der Waals surface area contributed by atoms with E-state index in [4.69, 9.17) is 23.2 Å². The summed E-state index contributed by atoms with van der Waals surface area (Å²) in [6.45, 7) is 2.06. The number of anilines is 1. The molecular weight excluding hydrogens is 551 g/mol. The first-order chi connectivity index (χ1) is 19.4. The van der Waals surface area contributed by atoms with Crippen molar-refractivity contribution in [1.82, 2.24) is 25.7 Å². The van der Waals surface area contributed by atoms with Crippen LogP contribution in [-0.2, 0) is 11.3 Å². The summed E-state index contributed by atoms with van der Waals surface area (Å²) in [6.07, 6.45) is 2.72. The Balaban J connectivity index is 1.24. The quantitative estimate of drug-likeness (QED) is 0.310. The maximum Gasteiger partial charge on any atom is 0.271 e. The molecule has 1 fully saturated rings. The van der Waals surface area contributed by atoms with Gasteiger partial charge in [0.05, 0.1) is 34.0 Å². The largest absolute Gasteiger partial charge is 0.351 e. The monoisotopic (exact) mass is 580 g/mol. The number of hydrogen-bond acceptors (Lipinski definition) is 5. The summed E-state index contributed by atoms with van der Waals surface area (Å²) in [7, 11) is 0. The van der Waals surface area contributed by atoms with Crippen molar-refractivity contribution in [1.29, 1.82) is 0 Å². The minimum Gasteiger partial charge on any atom is -0.351 e. The second kappa shape index (κ2) is 14.5. The van der Waals surface area contributed by atoms with E-state index in [0.29, 0.717) is 32.5 Å². The van der Waals surface area contributed by atoms with E-state index in [-0.39, 0.29) is 51.4 Å². The zero-order valence-corrected chi connectivity index (χ0v) is 23.2. The van der Waals surface area contributed by atoms with E-state index >= 15 is 0 Å². The molecular formula is C29H30Cl2N6O3. The Morgan fingerprint density at radius 1 is 0.875 bits per heavy atom. The Bertz CT molecular complexity index is 1360.